The highest BCUT2D eigenvalue weighted by Crippen LogP contribution is 2.17. The lowest BCUT2D eigenvalue weighted by atomic mass is 10.0. The third kappa shape index (κ3) is 7.07. The molecule has 1 aliphatic rings. The van der Waals surface area contributed by atoms with Crippen molar-refractivity contribution in [3.05, 3.63) is 12.2 Å². The van der Waals surface area contributed by atoms with Crippen molar-refractivity contribution in [3.8, 4) is 0 Å². The van der Waals surface area contributed by atoms with Crippen molar-refractivity contribution in [3.63, 3.8) is 0 Å². The normalized spacial score (nSPS) is 30.5. The molecule has 3 N–H and O–H groups in total. The highest BCUT2D eigenvalue weighted by Gasteiger charge is 2.24. The molecule has 0 radical (unpaired) electrons. The van der Waals surface area contributed by atoms with Crippen LogP contribution in [0.5, 0.6) is 0 Å². The molecule has 0 saturated carbocycles. The van der Waals surface area contributed by atoms with Gasteiger partial charge in [-0.1, -0.05) is 44.8 Å². The first-order valence-electron chi connectivity index (χ1n) is 7.95. The topological polar surface area (TPSA) is 87.0 Å². The van der Waals surface area contributed by atoms with Crippen LogP contribution in [-0.2, 0) is 9.53 Å². The summed E-state index contributed by atoms with van der Waals surface area (Å²) in [5, 5.41) is 29.4. The van der Waals surface area contributed by atoms with Gasteiger partial charge >= 0.3 is 5.97 Å². The summed E-state index contributed by atoms with van der Waals surface area (Å²) < 4.78 is 5.30. The Balaban J connectivity index is 2.53. The summed E-state index contributed by atoms with van der Waals surface area (Å²) in [4.78, 5) is 11.7. The van der Waals surface area contributed by atoms with E-state index in [1.165, 1.54) is 6.08 Å². The Morgan fingerprint density at radius 1 is 1.33 bits per heavy atom. The van der Waals surface area contributed by atoms with Crippen LogP contribution in [0.1, 0.15) is 58.3 Å². The van der Waals surface area contributed by atoms with Crippen molar-refractivity contribution < 1.29 is 24.9 Å². The number of esters is 1. The highest BCUT2D eigenvalue weighted by atomic mass is 16.6. The maximum atomic E-state index is 11.7. The number of cyclic esters (lactones) is 1. The molecule has 0 aromatic heterocycles. The second-order valence-electron chi connectivity index (χ2n) is 5.71. The van der Waals surface area contributed by atoms with E-state index in [1.54, 1.807) is 6.08 Å². The minimum absolute atomic E-state index is 0.0467. The second-order valence-corrected chi connectivity index (χ2v) is 5.71. The Morgan fingerprint density at radius 2 is 2.10 bits per heavy atom. The average Bonchev–Trinajstić information content (AvgIpc) is 2.47. The lowest BCUT2D eigenvalue weighted by Gasteiger charge is -2.24. The molecule has 0 spiro atoms. The van der Waals surface area contributed by atoms with Crippen molar-refractivity contribution in [1.29, 1.82) is 0 Å². The molecule has 0 aromatic carbocycles. The maximum Gasteiger partial charge on any atom is 0.306 e. The number of carbonyl (C=O) groups is 1. The van der Waals surface area contributed by atoms with Gasteiger partial charge in [-0.2, -0.15) is 0 Å². The van der Waals surface area contributed by atoms with Crippen molar-refractivity contribution in [2.24, 2.45) is 0 Å². The molecular formula is C16H28O5. The Kier molecular flexibility index (Phi) is 8.57. The van der Waals surface area contributed by atoms with Gasteiger partial charge in [-0.25, -0.2) is 0 Å². The van der Waals surface area contributed by atoms with E-state index >= 15 is 0 Å². The monoisotopic (exact) mass is 300 g/mol. The first-order chi connectivity index (χ1) is 10.0. The predicted octanol–water partition coefficient (Wildman–Crippen LogP) is 1.69. The van der Waals surface area contributed by atoms with Crippen LogP contribution in [0.4, 0.5) is 0 Å². The minimum Gasteiger partial charge on any atom is -0.459 e. The van der Waals surface area contributed by atoms with Crippen LogP contribution in [0.15, 0.2) is 12.2 Å². The number of carbonyl (C=O) groups excluding carboxylic acids is 1. The molecule has 5 nitrogen and oxygen atoms in total. The lowest BCUT2D eigenvalue weighted by Crippen LogP contribution is -2.33. The van der Waals surface area contributed by atoms with E-state index in [-0.39, 0.29) is 12.8 Å². The first kappa shape index (κ1) is 18.1. The molecule has 0 fully saturated rings. The van der Waals surface area contributed by atoms with Crippen LogP contribution >= 0.6 is 0 Å². The minimum atomic E-state index is -0.974. The van der Waals surface area contributed by atoms with Gasteiger partial charge in [0.1, 0.15) is 6.10 Å². The van der Waals surface area contributed by atoms with E-state index < -0.39 is 30.4 Å². The third-order valence-electron chi connectivity index (χ3n) is 3.81. The number of rotatable bonds is 6. The molecule has 1 aliphatic heterocycles. The number of aliphatic hydroxyl groups is 3. The summed E-state index contributed by atoms with van der Waals surface area (Å²) in [6, 6.07) is 0. The molecule has 1 heterocycles. The van der Waals surface area contributed by atoms with Crippen molar-refractivity contribution in [2.75, 3.05) is 0 Å². The van der Waals surface area contributed by atoms with Crippen molar-refractivity contribution in [2.45, 2.75) is 82.7 Å². The van der Waals surface area contributed by atoms with E-state index in [0.29, 0.717) is 12.8 Å². The van der Waals surface area contributed by atoms with Gasteiger partial charge in [-0.3, -0.25) is 4.79 Å². The van der Waals surface area contributed by atoms with Gasteiger partial charge in [0, 0.05) is 12.8 Å². The Morgan fingerprint density at radius 3 is 2.81 bits per heavy atom. The van der Waals surface area contributed by atoms with E-state index in [9.17, 15) is 20.1 Å². The SMILES string of the molecule is CCCCCC[C@H](O)[C@@H]1C/C=C/[C@H](O)[C@H](O)CCC(=O)O1. The van der Waals surface area contributed by atoms with Gasteiger partial charge in [0.05, 0.1) is 18.3 Å². The van der Waals surface area contributed by atoms with Gasteiger partial charge in [0.2, 0.25) is 0 Å². The standard InChI is InChI=1S/C16H28O5/c1-2-3-4-5-7-14(19)15-9-6-8-12(17)13(18)10-11-16(20)21-15/h6,8,12-15,17-19H,2-5,7,9-11H2,1H3/b8-6+/t12-,13+,14-,15-/m0/s1. The molecule has 5 heteroatoms. The van der Waals surface area contributed by atoms with Crippen LogP contribution in [0.25, 0.3) is 0 Å². The summed E-state index contributed by atoms with van der Waals surface area (Å²) in [6.07, 6.45) is 5.39. The van der Waals surface area contributed by atoms with Crippen molar-refractivity contribution in [1.82, 2.24) is 0 Å². The predicted molar refractivity (Wildman–Crippen MR) is 79.7 cm³/mol. The van der Waals surface area contributed by atoms with E-state index in [0.717, 1.165) is 25.7 Å². The first-order valence-corrected chi connectivity index (χ1v) is 7.95. The Bertz CT molecular complexity index is 329. The maximum absolute atomic E-state index is 11.7. The molecule has 0 amide bonds. The van der Waals surface area contributed by atoms with Crippen LogP contribution in [-0.4, -0.2) is 45.7 Å². The summed E-state index contributed by atoms with van der Waals surface area (Å²) in [5.74, 6) is -0.436. The van der Waals surface area contributed by atoms with Gasteiger partial charge in [-0.15, -0.1) is 0 Å². The molecule has 0 aliphatic carbocycles. The van der Waals surface area contributed by atoms with E-state index in [1.807, 2.05) is 0 Å². The number of ether oxygens (including phenoxy) is 1. The van der Waals surface area contributed by atoms with Gasteiger partial charge in [0.15, 0.2) is 0 Å². The van der Waals surface area contributed by atoms with Crippen LogP contribution in [0, 0.1) is 0 Å². The number of hydrogen-bond acceptors (Lipinski definition) is 5. The fourth-order valence-electron chi connectivity index (χ4n) is 2.39. The Labute approximate surface area is 126 Å². The molecule has 122 valence electrons. The lowest BCUT2D eigenvalue weighted by molar-refractivity contribution is -0.156. The Hall–Kier alpha value is -0.910. The number of hydrogen-bond donors (Lipinski definition) is 3. The van der Waals surface area contributed by atoms with Gasteiger partial charge in [0.25, 0.3) is 0 Å². The molecule has 0 unspecified atom stereocenters. The summed E-state index contributed by atoms with van der Waals surface area (Å²) in [7, 11) is 0. The molecule has 0 aromatic rings. The zero-order chi connectivity index (χ0) is 15.7. The smallest absolute Gasteiger partial charge is 0.306 e. The van der Waals surface area contributed by atoms with E-state index in [4.69, 9.17) is 4.74 Å². The van der Waals surface area contributed by atoms with Gasteiger partial charge in [-0.05, 0) is 12.8 Å². The zero-order valence-corrected chi connectivity index (χ0v) is 12.8. The highest BCUT2D eigenvalue weighted by molar-refractivity contribution is 5.69. The molecule has 0 saturated heterocycles. The summed E-state index contributed by atoms with van der Waals surface area (Å²) >= 11 is 0. The fourth-order valence-corrected chi connectivity index (χ4v) is 2.39. The summed E-state index contributed by atoms with van der Waals surface area (Å²) in [6.45, 7) is 2.13. The second kappa shape index (κ2) is 9.92. The molecular weight excluding hydrogens is 272 g/mol. The van der Waals surface area contributed by atoms with Gasteiger partial charge < -0.3 is 20.1 Å². The number of aliphatic hydroxyl groups excluding tert-OH is 3. The number of unbranched alkanes of at least 4 members (excludes halogenated alkanes) is 3. The van der Waals surface area contributed by atoms with Crippen LogP contribution in [0.2, 0.25) is 0 Å². The zero-order valence-electron chi connectivity index (χ0n) is 12.8. The molecule has 21 heavy (non-hydrogen) atoms. The average molecular weight is 300 g/mol. The molecule has 4 atom stereocenters. The van der Waals surface area contributed by atoms with Crippen LogP contribution in [0.3, 0.4) is 0 Å². The summed E-state index contributed by atoms with van der Waals surface area (Å²) in [5.41, 5.74) is 0. The molecule has 0 bridgehead atoms. The van der Waals surface area contributed by atoms with Crippen LogP contribution < -0.4 is 0 Å². The van der Waals surface area contributed by atoms with E-state index in [2.05, 4.69) is 6.92 Å². The van der Waals surface area contributed by atoms with Crippen molar-refractivity contribution >= 4 is 5.97 Å². The largest absolute Gasteiger partial charge is 0.459 e. The third-order valence-corrected chi connectivity index (χ3v) is 3.81. The fraction of sp³-hybridized carbons (Fsp3) is 0.812. The quantitative estimate of drug-likeness (QED) is 0.395. The molecule has 1 rings (SSSR count).